The summed E-state index contributed by atoms with van der Waals surface area (Å²) >= 11 is 0. The van der Waals surface area contributed by atoms with Gasteiger partial charge < -0.3 is 10.1 Å². The minimum absolute atomic E-state index is 0.341. The molecule has 6 heteroatoms. The minimum atomic E-state index is 0.341. The number of hydrogen-bond acceptors (Lipinski definition) is 5. The van der Waals surface area contributed by atoms with E-state index < -0.39 is 0 Å². The van der Waals surface area contributed by atoms with Crippen LogP contribution in [0.2, 0.25) is 0 Å². The van der Waals surface area contributed by atoms with E-state index in [9.17, 15) is 0 Å². The van der Waals surface area contributed by atoms with Gasteiger partial charge in [-0.1, -0.05) is 30.3 Å². The van der Waals surface area contributed by atoms with Crippen LogP contribution in [0.4, 0.5) is 0 Å². The fourth-order valence-electron chi connectivity index (χ4n) is 2.56. The molecule has 2 heterocycles. The maximum absolute atomic E-state index is 5.67. The molecule has 0 radical (unpaired) electrons. The van der Waals surface area contributed by atoms with Gasteiger partial charge in [-0.3, -0.25) is 0 Å². The van der Waals surface area contributed by atoms with Crippen molar-refractivity contribution in [3.05, 3.63) is 30.3 Å². The number of benzene rings is 1. The number of ether oxygens (including phenoxy) is 1. The van der Waals surface area contributed by atoms with Crippen LogP contribution in [0.25, 0.3) is 11.4 Å². The van der Waals surface area contributed by atoms with Crippen LogP contribution < -0.4 is 5.32 Å². The lowest BCUT2D eigenvalue weighted by Crippen LogP contribution is -2.38. The molecule has 1 N–H and O–H groups in total. The minimum Gasteiger partial charge on any atom is -0.377 e. The van der Waals surface area contributed by atoms with Crippen molar-refractivity contribution < 1.29 is 4.74 Å². The zero-order valence-electron chi connectivity index (χ0n) is 12.3. The van der Waals surface area contributed by atoms with Crippen LogP contribution in [0, 0.1) is 0 Å². The third kappa shape index (κ3) is 3.65. The number of nitrogens with zero attached hydrogens (tertiary/aromatic N) is 4. The SMILES string of the molecule is CC(NCCn1nnc(-c2ccccc2)n1)C1CCCO1. The van der Waals surface area contributed by atoms with Gasteiger partial charge in [-0.15, -0.1) is 10.2 Å². The number of nitrogens with one attached hydrogen (secondary N) is 1. The summed E-state index contributed by atoms with van der Waals surface area (Å²) in [6.07, 6.45) is 2.66. The Kier molecular flexibility index (Phi) is 4.57. The molecule has 2 aromatic rings. The Labute approximate surface area is 124 Å². The highest BCUT2D eigenvalue weighted by molar-refractivity contribution is 5.52. The highest BCUT2D eigenvalue weighted by atomic mass is 16.5. The topological polar surface area (TPSA) is 64.9 Å². The van der Waals surface area contributed by atoms with E-state index in [0.29, 0.717) is 24.5 Å². The fraction of sp³-hybridized carbons (Fsp3) is 0.533. The van der Waals surface area contributed by atoms with Crippen molar-refractivity contribution in [2.24, 2.45) is 0 Å². The van der Waals surface area contributed by atoms with Crippen molar-refractivity contribution in [1.82, 2.24) is 25.5 Å². The molecule has 1 aromatic heterocycles. The standard InChI is InChI=1S/C15H21N5O/c1-12(14-8-5-11-21-14)16-9-10-20-18-15(17-19-20)13-6-3-2-4-7-13/h2-4,6-7,12,14,16H,5,8-11H2,1H3. The summed E-state index contributed by atoms with van der Waals surface area (Å²) in [5.41, 5.74) is 0.990. The zero-order valence-corrected chi connectivity index (χ0v) is 12.3. The van der Waals surface area contributed by atoms with E-state index in [1.807, 2.05) is 30.3 Å². The van der Waals surface area contributed by atoms with Gasteiger partial charge in [0, 0.05) is 24.8 Å². The van der Waals surface area contributed by atoms with Crippen molar-refractivity contribution in [3.63, 3.8) is 0 Å². The summed E-state index contributed by atoms with van der Waals surface area (Å²) in [5, 5.41) is 16.0. The molecule has 0 bridgehead atoms. The predicted octanol–water partition coefficient (Wildman–Crippen LogP) is 1.50. The lowest BCUT2D eigenvalue weighted by molar-refractivity contribution is 0.0833. The summed E-state index contributed by atoms with van der Waals surface area (Å²) in [6.45, 7) is 4.57. The fourth-order valence-corrected chi connectivity index (χ4v) is 2.56. The van der Waals surface area contributed by atoms with Gasteiger partial charge in [0.1, 0.15) is 0 Å². The first-order valence-corrected chi connectivity index (χ1v) is 7.51. The Morgan fingerprint density at radius 2 is 2.24 bits per heavy atom. The average Bonchev–Trinajstić information content (AvgIpc) is 3.20. The van der Waals surface area contributed by atoms with Crippen LogP contribution >= 0.6 is 0 Å². The molecule has 0 saturated carbocycles. The number of rotatable bonds is 6. The van der Waals surface area contributed by atoms with E-state index in [-0.39, 0.29) is 0 Å². The van der Waals surface area contributed by atoms with E-state index in [1.165, 1.54) is 6.42 Å². The second-order valence-electron chi connectivity index (χ2n) is 5.37. The number of aromatic nitrogens is 4. The Hall–Kier alpha value is -1.79. The van der Waals surface area contributed by atoms with Gasteiger partial charge >= 0.3 is 0 Å². The summed E-state index contributed by atoms with van der Waals surface area (Å²) in [6, 6.07) is 10.3. The third-order valence-corrected chi connectivity index (χ3v) is 3.79. The summed E-state index contributed by atoms with van der Waals surface area (Å²) in [5.74, 6) is 0.669. The van der Waals surface area contributed by atoms with E-state index >= 15 is 0 Å². The summed E-state index contributed by atoms with van der Waals surface area (Å²) in [4.78, 5) is 1.64. The number of tetrazole rings is 1. The van der Waals surface area contributed by atoms with E-state index in [1.54, 1.807) is 4.80 Å². The largest absolute Gasteiger partial charge is 0.377 e. The van der Waals surface area contributed by atoms with E-state index in [2.05, 4.69) is 27.7 Å². The normalized spacial score (nSPS) is 19.8. The summed E-state index contributed by atoms with van der Waals surface area (Å²) in [7, 11) is 0. The van der Waals surface area contributed by atoms with E-state index in [4.69, 9.17) is 4.74 Å². The number of hydrogen-bond donors (Lipinski definition) is 1. The third-order valence-electron chi connectivity index (χ3n) is 3.79. The van der Waals surface area contributed by atoms with Crippen LogP contribution in [0.1, 0.15) is 19.8 Å². The predicted molar refractivity (Wildman–Crippen MR) is 79.7 cm³/mol. The smallest absolute Gasteiger partial charge is 0.204 e. The maximum Gasteiger partial charge on any atom is 0.204 e. The van der Waals surface area contributed by atoms with Crippen molar-refractivity contribution >= 4 is 0 Å². The molecule has 1 aliphatic heterocycles. The molecule has 3 rings (SSSR count). The second-order valence-corrected chi connectivity index (χ2v) is 5.37. The molecule has 112 valence electrons. The van der Waals surface area contributed by atoms with Gasteiger partial charge in [0.15, 0.2) is 0 Å². The second kappa shape index (κ2) is 6.78. The van der Waals surface area contributed by atoms with Crippen molar-refractivity contribution in [1.29, 1.82) is 0 Å². The zero-order chi connectivity index (χ0) is 14.5. The first kappa shape index (κ1) is 14.2. The van der Waals surface area contributed by atoms with E-state index in [0.717, 1.165) is 25.1 Å². The molecule has 0 aliphatic carbocycles. The van der Waals surface area contributed by atoms with Crippen molar-refractivity contribution in [2.75, 3.05) is 13.2 Å². The van der Waals surface area contributed by atoms with Crippen LogP contribution in [0.15, 0.2) is 30.3 Å². The molecule has 2 unspecified atom stereocenters. The highest BCUT2D eigenvalue weighted by Gasteiger charge is 2.21. The molecule has 6 nitrogen and oxygen atoms in total. The molecule has 1 saturated heterocycles. The summed E-state index contributed by atoms with van der Waals surface area (Å²) < 4.78 is 5.67. The van der Waals surface area contributed by atoms with Crippen molar-refractivity contribution in [3.8, 4) is 11.4 Å². The van der Waals surface area contributed by atoms with Crippen LogP contribution in [0.5, 0.6) is 0 Å². The Bertz CT molecular complexity index is 550. The molecule has 0 amide bonds. The van der Waals surface area contributed by atoms with Gasteiger partial charge in [0.2, 0.25) is 5.82 Å². The van der Waals surface area contributed by atoms with Crippen molar-refractivity contribution in [2.45, 2.75) is 38.5 Å². The lowest BCUT2D eigenvalue weighted by atomic mass is 10.1. The Morgan fingerprint density at radius 3 is 3.00 bits per heavy atom. The first-order chi connectivity index (χ1) is 10.3. The highest BCUT2D eigenvalue weighted by Crippen LogP contribution is 2.15. The van der Waals surface area contributed by atoms with Crippen LogP contribution in [0.3, 0.4) is 0 Å². The molecule has 2 atom stereocenters. The van der Waals surface area contributed by atoms with Gasteiger partial charge in [-0.05, 0) is 25.0 Å². The van der Waals surface area contributed by atoms with Gasteiger partial charge in [0.25, 0.3) is 0 Å². The van der Waals surface area contributed by atoms with Gasteiger partial charge in [0.05, 0.1) is 12.6 Å². The molecule has 1 aromatic carbocycles. The molecular formula is C15H21N5O. The molecule has 21 heavy (non-hydrogen) atoms. The van der Waals surface area contributed by atoms with Crippen LogP contribution in [-0.2, 0) is 11.3 Å². The lowest BCUT2D eigenvalue weighted by Gasteiger charge is -2.19. The van der Waals surface area contributed by atoms with Crippen LogP contribution in [-0.4, -0.2) is 45.5 Å². The molecule has 1 aliphatic rings. The average molecular weight is 287 g/mol. The molecule has 1 fully saturated rings. The molecular weight excluding hydrogens is 266 g/mol. The Morgan fingerprint density at radius 1 is 1.38 bits per heavy atom. The monoisotopic (exact) mass is 287 g/mol. The maximum atomic E-state index is 5.67. The van der Waals surface area contributed by atoms with Gasteiger partial charge in [-0.2, -0.15) is 4.80 Å². The Balaban J connectivity index is 1.49. The van der Waals surface area contributed by atoms with Gasteiger partial charge in [-0.25, -0.2) is 0 Å². The first-order valence-electron chi connectivity index (χ1n) is 7.51. The molecule has 0 spiro atoms. The quantitative estimate of drug-likeness (QED) is 0.872.